The van der Waals surface area contributed by atoms with Crippen molar-refractivity contribution in [1.82, 2.24) is 4.98 Å². The minimum atomic E-state index is -0.127. The molecule has 0 aliphatic heterocycles. The van der Waals surface area contributed by atoms with E-state index >= 15 is 0 Å². The van der Waals surface area contributed by atoms with Crippen LogP contribution in [0, 0.1) is 0 Å². The number of thiazole rings is 1. The fourth-order valence-electron chi connectivity index (χ4n) is 1.36. The molecule has 2 rings (SSSR count). The van der Waals surface area contributed by atoms with Gasteiger partial charge >= 0.3 is 0 Å². The normalized spacial score (nSPS) is 10.5. The lowest BCUT2D eigenvalue weighted by Crippen LogP contribution is -2.16. The second kappa shape index (κ2) is 5.62. The second-order valence-electron chi connectivity index (χ2n) is 3.56. The van der Waals surface area contributed by atoms with Gasteiger partial charge in [0.05, 0.1) is 5.88 Å². The van der Waals surface area contributed by atoms with E-state index in [4.69, 9.17) is 11.6 Å². The molecule has 2 aromatic heterocycles. The molecule has 2 heterocycles. The summed E-state index contributed by atoms with van der Waals surface area (Å²) in [6.07, 6.45) is 0. The highest BCUT2D eigenvalue weighted by Crippen LogP contribution is 2.22. The maximum atomic E-state index is 11.4. The van der Waals surface area contributed by atoms with Crippen LogP contribution in [0.2, 0.25) is 0 Å². The molecular weight excluding hydrogens is 276 g/mol. The van der Waals surface area contributed by atoms with Crippen LogP contribution in [0.1, 0.15) is 16.1 Å². The largest absolute Gasteiger partial charge is 0.347 e. The summed E-state index contributed by atoms with van der Waals surface area (Å²) < 4.78 is 0. The lowest BCUT2D eigenvalue weighted by molar-refractivity contribution is 0.101. The third kappa shape index (κ3) is 3.06. The van der Waals surface area contributed by atoms with Gasteiger partial charge in [-0.2, -0.15) is 11.3 Å². The van der Waals surface area contributed by atoms with E-state index in [-0.39, 0.29) is 11.7 Å². The van der Waals surface area contributed by atoms with Crippen LogP contribution in [0.4, 0.5) is 5.13 Å². The molecule has 0 amide bonds. The van der Waals surface area contributed by atoms with Crippen LogP contribution in [-0.4, -0.2) is 23.7 Å². The van der Waals surface area contributed by atoms with E-state index < -0.39 is 0 Å². The molecule has 0 aromatic carbocycles. The van der Waals surface area contributed by atoms with E-state index in [0.29, 0.717) is 5.69 Å². The van der Waals surface area contributed by atoms with Gasteiger partial charge in [-0.05, 0) is 22.4 Å². The molecule has 0 aliphatic rings. The zero-order valence-electron chi connectivity index (χ0n) is 9.22. The van der Waals surface area contributed by atoms with E-state index in [0.717, 1.165) is 11.7 Å². The number of hydrogen-bond acceptors (Lipinski definition) is 5. The van der Waals surface area contributed by atoms with Crippen LogP contribution in [0.25, 0.3) is 0 Å². The molecule has 0 radical (unpaired) electrons. The van der Waals surface area contributed by atoms with Gasteiger partial charge in [0.15, 0.2) is 10.9 Å². The molecule has 0 fully saturated rings. The number of aromatic nitrogens is 1. The number of Topliss-reactive ketones (excluding diaryl/α,β-unsaturated/α-hetero) is 1. The van der Waals surface area contributed by atoms with Crippen molar-refractivity contribution in [3.63, 3.8) is 0 Å². The van der Waals surface area contributed by atoms with Gasteiger partial charge in [0, 0.05) is 19.0 Å². The van der Waals surface area contributed by atoms with Crippen LogP contribution >= 0.6 is 34.3 Å². The summed E-state index contributed by atoms with van der Waals surface area (Å²) in [4.78, 5) is 17.7. The van der Waals surface area contributed by atoms with E-state index in [9.17, 15) is 4.79 Å². The van der Waals surface area contributed by atoms with Crippen molar-refractivity contribution in [2.75, 3.05) is 17.8 Å². The van der Waals surface area contributed by atoms with Gasteiger partial charge in [0.25, 0.3) is 0 Å². The predicted octanol–water partition coefficient (Wildman–Crippen LogP) is 3.26. The number of halogens is 1. The van der Waals surface area contributed by atoms with E-state index in [1.807, 2.05) is 17.3 Å². The first kappa shape index (κ1) is 12.5. The molecule has 0 spiro atoms. The summed E-state index contributed by atoms with van der Waals surface area (Å²) in [5, 5.41) is 6.75. The maximum absolute atomic E-state index is 11.4. The molecule has 17 heavy (non-hydrogen) atoms. The van der Waals surface area contributed by atoms with Crippen LogP contribution in [0.15, 0.2) is 22.2 Å². The number of carbonyl (C=O) groups excluding carboxylic acids is 1. The number of thiophene rings is 1. The zero-order chi connectivity index (χ0) is 12.3. The summed E-state index contributed by atoms with van der Waals surface area (Å²) >= 11 is 8.63. The number of hydrogen-bond donors (Lipinski definition) is 0. The Morgan fingerprint density at radius 2 is 2.35 bits per heavy atom. The number of ketones is 1. The lowest BCUT2D eigenvalue weighted by Gasteiger charge is -2.14. The molecule has 0 aliphatic carbocycles. The molecule has 2 aromatic rings. The summed E-state index contributed by atoms with van der Waals surface area (Å²) in [5.41, 5.74) is 1.70. The van der Waals surface area contributed by atoms with Crippen molar-refractivity contribution < 1.29 is 4.79 Å². The smallest absolute Gasteiger partial charge is 0.196 e. The van der Waals surface area contributed by atoms with Gasteiger partial charge in [-0.15, -0.1) is 22.9 Å². The summed E-state index contributed by atoms with van der Waals surface area (Å²) in [5.74, 6) is -0.143. The average molecular weight is 287 g/mol. The summed E-state index contributed by atoms with van der Waals surface area (Å²) in [6, 6.07) is 2.08. The fourth-order valence-corrected chi connectivity index (χ4v) is 2.95. The van der Waals surface area contributed by atoms with Crippen molar-refractivity contribution in [2.24, 2.45) is 0 Å². The monoisotopic (exact) mass is 286 g/mol. The Bertz CT molecular complexity index is 495. The van der Waals surface area contributed by atoms with Gasteiger partial charge < -0.3 is 4.90 Å². The highest BCUT2D eigenvalue weighted by molar-refractivity contribution is 7.14. The number of anilines is 1. The molecule has 0 bridgehead atoms. The van der Waals surface area contributed by atoms with Crippen molar-refractivity contribution >= 4 is 45.2 Å². The maximum Gasteiger partial charge on any atom is 0.196 e. The Kier molecular flexibility index (Phi) is 4.15. The van der Waals surface area contributed by atoms with Crippen LogP contribution in [-0.2, 0) is 6.54 Å². The van der Waals surface area contributed by atoms with Gasteiger partial charge in [0.2, 0.25) is 0 Å². The minimum Gasteiger partial charge on any atom is -0.347 e. The first-order valence-corrected chi connectivity index (χ1v) is 7.33. The highest BCUT2D eigenvalue weighted by atomic mass is 35.5. The zero-order valence-corrected chi connectivity index (χ0v) is 11.6. The molecule has 0 atom stereocenters. The van der Waals surface area contributed by atoms with Crippen LogP contribution < -0.4 is 4.90 Å². The van der Waals surface area contributed by atoms with Gasteiger partial charge in [-0.25, -0.2) is 4.98 Å². The van der Waals surface area contributed by atoms with Crippen molar-refractivity contribution in [2.45, 2.75) is 6.54 Å². The average Bonchev–Trinajstić information content (AvgIpc) is 2.98. The first-order chi connectivity index (χ1) is 8.20. The van der Waals surface area contributed by atoms with Crippen LogP contribution in [0.3, 0.4) is 0 Å². The van der Waals surface area contributed by atoms with E-state index in [1.54, 1.807) is 16.7 Å². The summed E-state index contributed by atoms with van der Waals surface area (Å²) in [7, 11) is 1.96. The van der Waals surface area contributed by atoms with Gasteiger partial charge in [-0.3, -0.25) is 4.79 Å². The van der Waals surface area contributed by atoms with Crippen molar-refractivity contribution in [3.8, 4) is 0 Å². The Hall–Kier alpha value is -0.910. The highest BCUT2D eigenvalue weighted by Gasteiger charge is 2.12. The fraction of sp³-hybridized carbons (Fsp3) is 0.273. The summed E-state index contributed by atoms with van der Waals surface area (Å²) in [6.45, 7) is 0.797. The third-order valence-corrected chi connectivity index (χ3v) is 4.16. The van der Waals surface area contributed by atoms with E-state index in [2.05, 4.69) is 16.4 Å². The van der Waals surface area contributed by atoms with Crippen LogP contribution in [0.5, 0.6) is 0 Å². The lowest BCUT2D eigenvalue weighted by atomic mass is 10.3. The Balaban J connectivity index is 2.07. The molecule has 0 N–H and O–H groups in total. The molecule has 0 saturated carbocycles. The quantitative estimate of drug-likeness (QED) is 0.625. The number of nitrogens with zero attached hydrogens (tertiary/aromatic N) is 2. The molecule has 0 unspecified atom stereocenters. The third-order valence-electron chi connectivity index (χ3n) is 2.23. The molecule has 6 heteroatoms. The Morgan fingerprint density at radius 3 is 3.00 bits per heavy atom. The molecule has 0 saturated heterocycles. The molecule has 90 valence electrons. The van der Waals surface area contributed by atoms with Gasteiger partial charge in [0.1, 0.15) is 5.69 Å². The van der Waals surface area contributed by atoms with Crippen molar-refractivity contribution in [1.29, 1.82) is 0 Å². The van der Waals surface area contributed by atoms with Crippen molar-refractivity contribution in [3.05, 3.63) is 33.5 Å². The SMILES string of the molecule is CN(Cc1ccsc1)c1nc(C(=O)CCl)cs1. The topological polar surface area (TPSA) is 33.2 Å². The molecular formula is C11H11ClN2OS2. The number of carbonyl (C=O) groups is 1. The predicted molar refractivity (Wildman–Crippen MR) is 73.6 cm³/mol. The number of alkyl halides is 1. The second-order valence-corrected chi connectivity index (χ2v) is 5.44. The van der Waals surface area contributed by atoms with E-state index in [1.165, 1.54) is 16.9 Å². The first-order valence-electron chi connectivity index (χ1n) is 4.97. The Morgan fingerprint density at radius 1 is 1.53 bits per heavy atom. The molecule has 3 nitrogen and oxygen atoms in total. The van der Waals surface area contributed by atoms with Gasteiger partial charge in [-0.1, -0.05) is 0 Å². The minimum absolute atomic E-state index is 0.0165. The number of rotatable bonds is 5. The standard InChI is InChI=1S/C11H11ClN2OS2/c1-14(5-8-2-3-16-6-8)11-13-9(7-17-11)10(15)4-12/h2-3,6-7H,4-5H2,1H3. The Labute approximate surface area is 113 Å².